The van der Waals surface area contributed by atoms with Gasteiger partial charge in [0, 0.05) is 17.8 Å². The number of alkyl halides is 3. The highest BCUT2D eigenvalue weighted by atomic mass is 19.4. The number of aryl methyl sites for hydroxylation is 1. The molecule has 1 N–H and O–H groups in total. The highest BCUT2D eigenvalue weighted by Crippen LogP contribution is 2.39. The molecular weight excluding hydrogens is 339 g/mol. The van der Waals surface area contributed by atoms with E-state index >= 15 is 0 Å². The van der Waals surface area contributed by atoms with Crippen molar-refractivity contribution in [3.8, 4) is 17.2 Å². The fraction of sp³-hybridized carbons (Fsp3) is 0.176. The summed E-state index contributed by atoms with van der Waals surface area (Å²) in [5, 5.41) is 9.00. The molecule has 0 fully saturated rings. The van der Waals surface area contributed by atoms with Crippen LogP contribution in [0.3, 0.4) is 0 Å². The molecule has 1 aromatic heterocycles. The average molecular weight is 351 g/mol. The summed E-state index contributed by atoms with van der Waals surface area (Å²) < 4.78 is 49.8. The number of fused-ring (bicyclic) bond motifs is 1. The lowest BCUT2D eigenvalue weighted by atomic mass is 10.0. The second-order valence-corrected chi connectivity index (χ2v) is 5.33. The van der Waals surface area contributed by atoms with Crippen molar-refractivity contribution in [3.63, 3.8) is 0 Å². The molecule has 1 aliphatic heterocycles. The van der Waals surface area contributed by atoms with Crippen LogP contribution in [0.25, 0.3) is 6.08 Å². The molecule has 1 aromatic carbocycles. The van der Waals surface area contributed by atoms with Crippen LogP contribution in [0.15, 0.2) is 42.1 Å². The maximum atomic E-state index is 13.1. The zero-order valence-electron chi connectivity index (χ0n) is 12.9. The number of hydrogen-bond donors (Lipinski definition) is 1. The van der Waals surface area contributed by atoms with E-state index in [9.17, 15) is 18.0 Å². The summed E-state index contributed by atoms with van der Waals surface area (Å²) in [5.41, 5.74) is -0.0210. The molecular formula is C17H12F3NO4. The second kappa shape index (κ2) is 6.12. The lowest BCUT2D eigenvalue weighted by Gasteiger charge is -2.27. The largest absolute Gasteiger partial charge is 0.478 e. The Hall–Kier alpha value is -3.03. The van der Waals surface area contributed by atoms with E-state index in [-0.39, 0.29) is 17.1 Å². The number of carbonyl (C=O) groups is 1. The third-order valence-electron chi connectivity index (χ3n) is 3.55. The SMILES string of the molecule is Cc1ncccc1Oc1ccc2c(c1)OC(C(F)(F)F)C(C(=O)O)=C2. The van der Waals surface area contributed by atoms with Crippen LogP contribution >= 0.6 is 0 Å². The van der Waals surface area contributed by atoms with Gasteiger partial charge < -0.3 is 14.6 Å². The lowest BCUT2D eigenvalue weighted by Crippen LogP contribution is -2.40. The molecule has 3 rings (SSSR count). The quantitative estimate of drug-likeness (QED) is 0.906. The zero-order valence-corrected chi connectivity index (χ0v) is 12.9. The Balaban J connectivity index is 1.96. The number of aliphatic carboxylic acids is 1. The fourth-order valence-electron chi connectivity index (χ4n) is 2.35. The molecule has 0 bridgehead atoms. The van der Waals surface area contributed by atoms with Crippen LogP contribution in [-0.2, 0) is 4.79 Å². The number of aromatic nitrogens is 1. The van der Waals surface area contributed by atoms with Gasteiger partial charge in [-0.3, -0.25) is 4.98 Å². The summed E-state index contributed by atoms with van der Waals surface area (Å²) in [6.07, 6.45) is -4.84. The smallest absolute Gasteiger partial charge is 0.430 e. The number of halogens is 3. The van der Waals surface area contributed by atoms with Crippen LogP contribution in [0.1, 0.15) is 11.3 Å². The number of ether oxygens (including phenoxy) is 2. The van der Waals surface area contributed by atoms with Crippen molar-refractivity contribution in [2.75, 3.05) is 0 Å². The van der Waals surface area contributed by atoms with Crippen molar-refractivity contribution in [2.24, 2.45) is 0 Å². The number of carboxylic acids is 1. The van der Waals surface area contributed by atoms with Gasteiger partial charge in [-0.05, 0) is 37.3 Å². The summed E-state index contributed by atoms with van der Waals surface area (Å²) in [6.45, 7) is 1.73. The first-order valence-electron chi connectivity index (χ1n) is 7.17. The summed E-state index contributed by atoms with van der Waals surface area (Å²) in [6, 6.07) is 7.57. The normalized spacial score (nSPS) is 16.5. The Morgan fingerprint density at radius 3 is 2.72 bits per heavy atom. The van der Waals surface area contributed by atoms with Gasteiger partial charge in [-0.15, -0.1) is 0 Å². The second-order valence-electron chi connectivity index (χ2n) is 5.33. The van der Waals surface area contributed by atoms with Gasteiger partial charge >= 0.3 is 12.1 Å². The predicted molar refractivity (Wildman–Crippen MR) is 81.6 cm³/mol. The molecule has 1 atom stereocenters. The Morgan fingerprint density at radius 1 is 1.32 bits per heavy atom. The van der Waals surface area contributed by atoms with Gasteiger partial charge in [0.1, 0.15) is 17.2 Å². The van der Waals surface area contributed by atoms with E-state index in [1.54, 1.807) is 25.3 Å². The van der Waals surface area contributed by atoms with Gasteiger partial charge in [-0.2, -0.15) is 13.2 Å². The molecule has 0 amide bonds. The van der Waals surface area contributed by atoms with Crippen LogP contribution in [0.2, 0.25) is 0 Å². The first kappa shape index (κ1) is 16.8. The minimum atomic E-state index is -4.85. The summed E-state index contributed by atoms with van der Waals surface area (Å²) in [5.74, 6) is -1.08. The van der Waals surface area contributed by atoms with Crippen LogP contribution in [-0.4, -0.2) is 28.3 Å². The monoisotopic (exact) mass is 351 g/mol. The molecule has 0 saturated heterocycles. The minimum absolute atomic E-state index is 0.105. The minimum Gasteiger partial charge on any atom is -0.478 e. The van der Waals surface area contributed by atoms with E-state index < -0.39 is 23.8 Å². The van der Waals surface area contributed by atoms with E-state index in [0.29, 0.717) is 11.4 Å². The van der Waals surface area contributed by atoms with Crippen LogP contribution < -0.4 is 9.47 Å². The van der Waals surface area contributed by atoms with E-state index in [0.717, 1.165) is 6.08 Å². The van der Waals surface area contributed by atoms with Gasteiger partial charge in [-0.1, -0.05) is 0 Å². The third kappa shape index (κ3) is 3.42. The van der Waals surface area contributed by atoms with Crippen molar-refractivity contribution < 1.29 is 32.5 Å². The molecule has 1 aliphatic rings. The first-order valence-corrected chi connectivity index (χ1v) is 7.17. The molecule has 0 aliphatic carbocycles. The van der Waals surface area contributed by atoms with E-state index in [1.165, 1.54) is 18.2 Å². The van der Waals surface area contributed by atoms with Crippen molar-refractivity contribution in [1.82, 2.24) is 4.98 Å². The van der Waals surface area contributed by atoms with Crippen LogP contribution in [0.5, 0.6) is 17.2 Å². The van der Waals surface area contributed by atoms with Crippen LogP contribution in [0.4, 0.5) is 13.2 Å². The van der Waals surface area contributed by atoms with E-state index in [2.05, 4.69) is 4.98 Å². The lowest BCUT2D eigenvalue weighted by molar-refractivity contribution is -0.187. The maximum absolute atomic E-state index is 13.1. The number of benzene rings is 1. The standard InChI is InChI=1S/C17H12F3NO4/c1-9-13(3-2-6-21-9)24-11-5-4-10-7-12(16(22)23)15(17(18,19)20)25-14(10)8-11/h2-8,15H,1H3,(H,22,23). The topological polar surface area (TPSA) is 68.7 Å². The fourth-order valence-corrected chi connectivity index (χ4v) is 2.35. The zero-order chi connectivity index (χ0) is 18.2. The molecule has 0 spiro atoms. The molecule has 25 heavy (non-hydrogen) atoms. The molecule has 2 heterocycles. The molecule has 5 nitrogen and oxygen atoms in total. The van der Waals surface area contributed by atoms with Gasteiger partial charge in [-0.25, -0.2) is 4.79 Å². The van der Waals surface area contributed by atoms with Crippen molar-refractivity contribution in [3.05, 3.63) is 53.4 Å². The van der Waals surface area contributed by atoms with Gasteiger partial charge in [0.05, 0.1) is 11.3 Å². The maximum Gasteiger partial charge on any atom is 0.430 e. The van der Waals surface area contributed by atoms with E-state index in [1.807, 2.05) is 0 Å². The number of carboxylic acid groups (broad SMARTS) is 1. The Bertz CT molecular complexity index is 861. The average Bonchev–Trinajstić information content (AvgIpc) is 2.55. The van der Waals surface area contributed by atoms with Gasteiger partial charge in [0.25, 0.3) is 0 Å². The Morgan fingerprint density at radius 2 is 2.08 bits per heavy atom. The molecule has 8 heteroatoms. The number of pyridine rings is 1. The first-order chi connectivity index (χ1) is 11.8. The Kier molecular flexibility index (Phi) is 4.12. The predicted octanol–water partition coefficient (Wildman–Crippen LogP) is 3.97. The summed E-state index contributed by atoms with van der Waals surface area (Å²) >= 11 is 0. The molecule has 130 valence electrons. The molecule has 0 radical (unpaired) electrons. The number of rotatable bonds is 3. The van der Waals surface area contributed by atoms with Crippen molar-refractivity contribution in [2.45, 2.75) is 19.2 Å². The number of nitrogens with zero attached hydrogens (tertiary/aromatic N) is 1. The molecule has 1 unspecified atom stereocenters. The summed E-state index contributed by atoms with van der Waals surface area (Å²) in [7, 11) is 0. The van der Waals surface area contributed by atoms with Crippen molar-refractivity contribution in [1.29, 1.82) is 0 Å². The molecule has 0 saturated carbocycles. The number of hydrogen-bond acceptors (Lipinski definition) is 4. The highest BCUT2D eigenvalue weighted by Gasteiger charge is 2.48. The van der Waals surface area contributed by atoms with Gasteiger partial charge in [0.2, 0.25) is 6.10 Å². The third-order valence-corrected chi connectivity index (χ3v) is 3.55. The van der Waals surface area contributed by atoms with Crippen LogP contribution in [0, 0.1) is 6.92 Å². The van der Waals surface area contributed by atoms with Crippen molar-refractivity contribution >= 4 is 12.0 Å². The van der Waals surface area contributed by atoms with E-state index in [4.69, 9.17) is 14.6 Å². The summed E-state index contributed by atoms with van der Waals surface area (Å²) in [4.78, 5) is 15.1. The van der Waals surface area contributed by atoms with Gasteiger partial charge in [0.15, 0.2) is 0 Å². The Labute approximate surface area is 140 Å². The highest BCUT2D eigenvalue weighted by molar-refractivity contribution is 5.95. The molecule has 2 aromatic rings.